The van der Waals surface area contributed by atoms with Gasteiger partial charge in [0, 0.05) is 5.57 Å². The topological polar surface area (TPSA) is 40.5 Å². The Morgan fingerprint density at radius 1 is 1.56 bits per heavy atom. The molecule has 4 heteroatoms. The van der Waals surface area contributed by atoms with Crippen LogP contribution in [0.5, 0.6) is 0 Å². The fourth-order valence-corrected chi connectivity index (χ4v) is 0.489. The molecule has 2 N–H and O–H groups in total. The number of rotatable bonds is 2. The zero-order valence-electron chi connectivity index (χ0n) is 4.51. The quantitative estimate of drug-likeness (QED) is 0.422. The molecule has 0 bridgehead atoms. The summed E-state index contributed by atoms with van der Waals surface area (Å²) in [5.41, 5.74) is -0.183. The van der Waals surface area contributed by atoms with Crippen molar-refractivity contribution in [3.8, 4) is 0 Å². The number of halogens is 2. The summed E-state index contributed by atoms with van der Waals surface area (Å²) in [7, 11) is 0. The van der Waals surface area contributed by atoms with Crippen LogP contribution in [0.3, 0.4) is 0 Å². The van der Waals surface area contributed by atoms with E-state index < -0.39 is 12.2 Å². The maximum Gasteiger partial charge on any atom is 0.319 e. The lowest BCUT2D eigenvalue weighted by molar-refractivity contribution is -0.185. The third-order valence-electron chi connectivity index (χ3n) is 1.16. The summed E-state index contributed by atoms with van der Waals surface area (Å²) < 4.78 is 24.3. The van der Waals surface area contributed by atoms with Crippen LogP contribution in [0.4, 0.5) is 8.78 Å². The minimum Gasteiger partial charge on any atom is -0.363 e. The Balaban J connectivity index is 2.60. The van der Waals surface area contributed by atoms with Gasteiger partial charge in [-0.05, 0) is 6.42 Å². The number of aliphatic hydroxyl groups excluding tert-OH is 1. The van der Waals surface area contributed by atoms with Gasteiger partial charge in [0.1, 0.15) is 0 Å². The Hall–Kier alpha value is -0.480. The minimum atomic E-state index is -3.42. The smallest absolute Gasteiger partial charge is 0.319 e. The number of alkyl halides is 2. The molecular formula is C5H6F2O2. The van der Waals surface area contributed by atoms with Crippen LogP contribution in [0, 0.1) is 0 Å². The molecule has 0 amide bonds. The molecule has 9 heavy (non-hydrogen) atoms. The molecule has 0 saturated carbocycles. The largest absolute Gasteiger partial charge is 0.363 e. The fourth-order valence-electron chi connectivity index (χ4n) is 0.489. The van der Waals surface area contributed by atoms with Crippen molar-refractivity contribution >= 4 is 0 Å². The summed E-state index contributed by atoms with van der Waals surface area (Å²) in [6.07, 6.45) is -1.09. The first kappa shape index (κ1) is 6.64. The average Bonchev–Trinajstić information content (AvgIpc) is 2.42. The van der Waals surface area contributed by atoms with Gasteiger partial charge in [-0.1, -0.05) is 6.08 Å². The van der Waals surface area contributed by atoms with Crippen molar-refractivity contribution in [2.45, 2.75) is 18.6 Å². The lowest BCUT2D eigenvalue weighted by Gasteiger charge is -2.14. The van der Waals surface area contributed by atoms with E-state index in [4.69, 9.17) is 10.2 Å². The van der Waals surface area contributed by atoms with Crippen molar-refractivity contribution in [2.75, 3.05) is 0 Å². The first-order chi connectivity index (χ1) is 4.05. The fraction of sp³-hybridized carbons (Fsp3) is 0.600. The van der Waals surface area contributed by atoms with Crippen LogP contribution in [0.2, 0.25) is 0 Å². The Labute approximate surface area is 50.4 Å². The van der Waals surface area contributed by atoms with E-state index in [1.807, 2.05) is 0 Å². The highest BCUT2D eigenvalue weighted by Crippen LogP contribution is 2.37. The van der Waals surface area contributed by atoms with Crippen LogP contribution in [0.1, 0.15) is 6.42 Å². The maximum absolute atomic E-state index is 12.2. The van der Waals surface area contributed by atoms with E-state index in [1.54, 1.807) is 0 Å². The number of hydrogen-bond acceptors (Lipinski definition) is 2. The van der Waals surface area contributed by atoms with Gasteiger partial charge in [-0.3, -0.25) is 0 Å². The summed E-state index contributed by atoms with van der Waals surface area (Å²) in [6.45, 7) is 0. The Bertz CT molecular complexity index is 151. The van der Waals surface area contributed by atoms with Crippen LogP contribution >= 0.6 is 0 Å². The van der Waals surface area contributed by atoms with Gasteiger partial charge in [0.15, 0.2) is 0 Å². The van der Waals surface area contributed by atoms with Gasteiger partial charge in [0.05, 0.1) is 0 Å². The Morgan fingerprint density at radius 2 is 2.00 bits per heavy atom. The molecular weight excluding hydrogens is 130 g/mol. The molecule has 0 heterocycles. The highest BCUT2D eigenvalue weighted by Gasteiger charge is 2.44. The van der Waals surface area contributed by atoms with E-state index in [0.29, 0.717) is 0 Å². The van der Waals surface area contributed by atoms with Gasteiger partial charge in [-0.15, -0.1) is 0 Å². The van der Waals surface area contributed by atoms with Crippen molar-refractivity contribution < 1.29 is 19.0 Å². The van der Waals surface area contributed by atoms with Gasteiger partial charge in [0.2, 0.25) is 6.29 Å². The molecule has 1 aliphatic rings. The molecule has 0 saturated heterocycles. The van der Waals surface area contributed by atoms with E-state index >= 15 is 0 Å². The standard InChI is InChI=1S/C5H6F2O2/c6-5(7,4(8)9)3-1-2-3/h1,4,8-9H,2H2. The second-order valence-corrected chi connectivity index (χ2v) is 1.93. The predicted molar refractivity (Wildman–Crippen MR) is 25.9 cm³/mol. The number of allylic oxidation sites excluding steroid dienone is 1. The summed E-state index contributed by atoms with van der Waals surface area (Å²) >= 11 is 0. The summed E-state index contributed by atoms with van der Waals surface area (Å²) in [6, 6.07) is 0. The first-order valence-corrected chi connectivity index (χ1v) is 2.48. The first-order valence-electron chi connectivity index (χ1n) is 2.48. The van der Waals surface area contributed by atoms with Crippen molar-refractivity contribution in [3.05, 3.63) is 11.6 Å². The molecule has 0 aromatic carbocycles. The summed E-state index contributed by atoms with van der Waals surface area (Å²) in [4.78, 5) is 0. The second-order valence-electron chi connectivity index (χ2n) is 1.93. The zero-order chi connectivity index (χ0) is 7.07. The van der Waals surface area contributed by atoms with E-state index in [1.165, 1.54) is 6.08 Å². The van der Waals surface area contributed by atoms with Gasteiger partial charge in [0.25, 0.3) is 0 Å². The lowest BCUT2D eigenvalue weighted by Crippen LogP contribution is -2.32. The number of aliphatic hydroxyl groups is 2. The average molecular weight is 136 g/mol. The van der Waals surface area contributed by atoms with Gasteiger partial charge >= 0.3 is 5.92 Å². The molecule has 0 atom stereocenters. The van der Waals surface area contributed by atoms with Gasteiger partial charge in [-0.25, -0.2) is 0 Å². The van der Waals surface area contributed by atoms with Crippen molar-refractivity contribution in [1.82, 2.24) is 0 Å². The Kier molecular flexibility index (Phi) is 1.29. The Morgan fingerprint density at radius 3 is 2.11 bits per heavy atom. The normalized spacial score (nSPS) is 18.1. The van der Waals surface area contributed by atoms with Crippen molar-refractivity contribution in [3.63, 3.8) is 0 Å². The van der Waals surface area contributed by atoms with E-state index in [9.17, 15) is 8.78 Å². The minimum absolute atomic E-state index is 0.183. The molecule has 0 radical (unpaired) electrons. The van der Waals surface area contributed by atoms with Crippen molar-refractivity contribution in [1.29, 1.82) is 0 Å². The van der Waals surface area contributed by atoms with E-state index in [2.05, 4.69) is 0 Å². The molecule has 2 nitrogen and oxygen atoms in total. The number of hydrogen-bond donors (Lipinski definition) is 2. The molecule has 0 spiro atoms. The molecule has 0 aliphatic heterocycles. The monoisotopic (exact) mass is 136 g/mol. The molecule has 0 aromatic heterocycles. The van der Waals surface area contributed by atoms with Crippen LogP contribution < -0.4 is 0 Å². The third-order valence-corrected chi connectivity index (χ3v) is 1.16. The highest BCUT2D eigenvalue weighted by atomic mass is 19.3. The van der Waals surface area contributed by atoms with Crippen LogP contribution in [-0.4, -0.2) is 22.4 Å². The predicted octanol–water partition coefficient (Wildman–Crippen LogP) is 0.262. The van der Waals surface area contributed by atoms with Crippen molar-refractivity contribution in [2.24, 2.45) is 0 Å². The second kappa shape index (κ2) is 1.75. The van der Waals surface area contributed by atoms with Gasteiger partial charge < -0.3 is 10.2 Å². The van der Waals surface area contributed by atoms with Crippen LogP contribution in [-0.2, 0) is 0 Å². The highest BCUT2D eigenvalue weighted by molar-refractivity contribution is 5.29. The zero-order valence-corrected chi connectivity index (χ0v) is 4.51. The van der Waals surface area contributed by atoms with Gasteiger partial charge in [-0.2, -0.15) is 8.78 Å². The summed E-state index contributed by atoms with van der Waals surface area (Å²) in [5.74, 6) is -3.42. The third kappa shape index (κ3) is 1.09. The molecule has 0 aromatic rings. The molecule has 1 rings (SSSR count). The van der Waals surface area contributed by atoms with Crippen LogP contribution in [0.15, 0.2) is 11.6 Å². The molecule has 1 aliphatic carbocycles. The molecule has 0 unspecified atom stereocenters. The maximum atomic E-state index is 12.2. The van der Waals surface area contributed by atoms with Crippen LogP contribution in [0.25, 0.3) is 0 Å². The van der Waals surface area contributed by atoms with E-state index in [-0.39, 0.29) is 12.0 Å². The molecule has 52 valence electrons. The SMILES string of the molecule is OC(O)C(F)(F)C1=CC1. The van der Waals surface area contributed by atoms with E-state index in [0.717, 1.165) is 0 Å². The lowest BCUT2D eigenvalue weighted by atomic mass is 10.2. The molecule has 0 fully saturated rings. The summed E-state index contributed by atoms with van der Waals surface area (Å²) in [5, 5.41) is 16.1.